The molecule has 110 valence electrons. The minimum atomic E-state index is -0.467. The number of hydrogen-bond donors (Lipinski definition) is 1. The number of nitrogens with one attached hydrogen (secondary N) is 1. The maximum atomic E-state index is 12.7. The van der Waals surface area contributed by atoms with Crippen molar-refractivity contribution in [2.45, 2.75) is 6.92 Å². The van der Waals surface area contributed by atoms with Gasteiger partial charge in [0.2, 0.25) is 0 Å². The summed E-state index contributed by atoms with van der Waals surface area (Å²) in [5.41, 5.74) is 2.48. The molecule has 1 aromatic carbocycles. The van der Waals surface area contributed by atoms with Crippen molar-refractivity contribution in [2.24, 2.45) is 0 Å². The van der Waals surface area contributed by atoms with Crippen LogP contribution in [0.15, 0.2) is 46.7 Å². The van der Waals surface area contributed by atoms with E-state index < -0.39 is 11.8 Å². The van der Waals surface area contributed by atoms with Crippen LogP contribution in [0.2, 0.25) is 0 Å². The maximum absolute atomic E-state index is 12.7. The van der Waals surface area contributed by atoms with Gasteiger partial charge in [0.05, 0.1) is 5.69 Å². The van der Waals surface area contributed by atoms with Crippen LogP contribution < -0.4 is 10.2 Å². The number of rotatable bonds is 2. The van der Waals surface area contributed by atoms with Crippen LogP contribution in [0.25, 0.3) is 6.08 Å². The van der Waals surface area contributed by atoms with Crippen LogP contribution in [0, 0.1) is 6.92 Å². The molecule has 2 amide bonds. The Bertz CT molecular complexity index is 794. The van der Waals surface area contributed by atoms with E-state index in [9.17, 15) is 9.59 Å². The van der Waals surface area contributed by atoms with Crippen LogP contribution in [-0.2, 0) is 9.59 Å². The number of thiophene rings is 1. The summed E-state index contributed by atoms with van der Waals surface area (Å²) in [7, 11) is 0. The number of benzene rings is 1. The second-order valence-electron chi connectivity index (χ2n) is 4.80. The van der Waals surface area contributed by atoms with E-state index in [4.69, 9.17) is 12.2 Å². The third kappa shape index (κ3) is 2.58. The molecule has 1 aromatic heterocycles. The maximum Gasteiger partial charge on any atom is 0.270 e. The molecule has 2 heterocycles. The van der Waals surface area contributed by atoms with Gasteiger partial charge in [-0.25, -0.2) is 0 Å². The molecule has 0 radical (unpaired) electrons. The van der Waals surface area contributed by atoms with Crippen LogP contribution in [0.4, 0.5) is 5.69 Å². The van der Waals surface area contributed by atoms with Crippen molar-refractivity contribution < 1.29 is 9.59 Å². The highest BCUT2D eigenvalue weighted by Gasteiger charge is 2.34. The molecule has 1 fully saturated rings. The molecule has 1 aliphatic heterocycles. The Balaban J connectivity index is 2.05. The number of amides is 2. The van der Waals surface area contributed by atoms with Crippen molar-refractivity contribution in [3.05, 3.63) is 57.8 Å². The Kier molecular flexibility index (Phi) is 3.87. The number of anilines is 1. The molecule has 1 aliphatic rings. The van der Waals surface area contributed by atoms with Crippen LogP contribution in [-0.4, -0.2) is 16.9 Å². The van der Waals surface area contributed by atoms with E-state index in [1.54, 1.807) is 12.1 Å². The molecule has 22 heavy (non-hydrogen) atoms. The Morgan fingerprint density at radius 2 is 2.00 bits per heavy atom. The highest BCUT2D eigenvalue weighted by molar-refractivity contribution is 7.80. The zero-order chi connectivity index (χ0) is 15.7. The minimum absolute atomic E-state index is 0.0789. The topological polar surface area (TPSA) is 49.4 Å². The first-order chi connectivity index (χ1) is 10.6. The lowest BCUT2D eigenvalue weighted by Gasteiger charge is -2.29. The fraction of sp³-hybridized carbons (Fsp3) is 0.0625. The quantitative estimate of drug-likeness (QED) is 0.524. The van der Waals surface area contributed by atoms with E-state index in [1.165, 1.54) is 16.2 Å². The smallest absolute Gasteiger partial charge is 0.270 e. The van der Waals surface area contributed by atoms with Crippen LogP contribution in [0.3, 0.4) is 0 Å². The summed E-state index contributed by atoms with van der Waals surface area (Å²) >= 11 is 6.68. The highest BCUT2D eigenvalue weighted by Crippen LogP contribution is 2.25. The molecule has 4 nitrogen and oxygen atoms in total. The average molecular weight is 328 g/mol. The van der Waals surface area contributed by atoms with Crippen LogP contribution in [0.5, 0.6) is 0 Å². The van der Waals surface area contributed by atoms with Gasteiger partial charge in [0.25, 0.3) is 11.8 Å². The second kappa shape index (κ2) is 5.82. The van der Waals surface area contributed by atoms with Crippen molar-refractivity contribution in [1.82, 2.24) is 5.32 Å². The number of aryl methyl sites for hydroxylation is 1. The number of thiocarbonyl (C=S) groups is 1. The molecular formula is C16H12N2O2S2. The van der Waals surface area contributed by atoms with E-state index in [0.29, 0.717) is 5.69 Å². The monoisotopic (exact) mass is 328 g/mol. The SMILES string of the molecule is Cc1ccccc1N1C(=O)C(=Cc2ccsc2)C(=O)NC1=S. The minimum Gasteiger partial charge on any atom is -0.298 e. The third-order valence-corrected chi connectivity index (χ3v) is 4.30. The number of hydrogen-bond acceptors (Lipinski definition) is 4. The van der Waals surface area contributed by atoms with Crippen molar-refractivity contribution >= 4 is 52.2 Å². The lowest BCUT2D eigenvalue weighted by Crippen LogP contribution is -2.54. The molecule has 0 unspecified atom stereocenters. The van der Waals surface area contributed by atoms with Gasteiger partial charge in [-0.1, -0.05) is 18.2 Å². The van der Waals surface area contributed by atoms with Gasteiger partial charge in [0.15, 0.2) is 5.11 Å². The Labute approximate surface area is 137 Å². The first-order valence-electron chi connectivity index (χ1n) is 6.57. The molecular weight excluding hydrogens is 316 g/mol. The average Bonchev–Trinajstić information content (AvgIpc) is 2.98. The molecule has 0 aliphatic carbocycles. The predicted molar refractivity (Wildman–Crippen MR) is 91.7 cm³/mol. The molecule has 0 saturated carbocycles. The number of para-hydroxylation sites is 1. The van der Waals surface area contributed by atoms with E-state index >= 15 is 0 Å². The van der Waals surface area contributed by atoms with Crippen LogP contribution in [0.1, 0.15) is 11.1 Å². The molecule has 1 N–H and O–H groups in total. The van der Waals surface area contributed by atoms with Crippen molar-refractivity contribution in [3.8, 4) is 0 Å². The van der Waals surface area contributed by atoms with Crippen molar-refractivity contribution in [2.75, 3.05) is 4.90 Å². The third-order valence-electron chi connectivity index (χ3n) is 3.31. The molecule has 1 saturated heterocycles. The molecule has 0 atom stereocenters. The van der Waals surface area contributed by atoms with Gasteiger partial charge in [-0.2, -0.15) is 11.3 Å². The zero-order valence-electron chi connectivity index (χ0n) is 11.7. The summed E-state index contributed by atoms with van der Waals surface area (Å²) in [6.07, 6.45) is 1.58. The van der Waals surface area contributed by atoms with Crippen LogP contribution >= 0.6 is 23.6 Å². The molecule has 6 heteroatoms. The largest absolute Gasteiger partial charge is 0.298 e. The molecule has 0 bridgehead atoms. The lowest BCUT2D eigenvalue weighted by atomic mass is 10.1. The van der Waals surface area contributed by atoms with Gasteiger partial charge in [-0.15, -0.1) is 0 Å². The summed E-state index contributed by atoms with van der Waals surface area (Å²) in [6, 6.07) is 9.26. The van der Waals surface area contributed by atoms with Gasteiger partial charge in [-0.05, 0) is 59.2 Å². The highest BCUT2D eigenvalue weighted by atomic mass is 32.1. The fourth-order valence-corrected chi connectivity index (χ4v) is 3.11. The standard InChI is InChI=1S/C16H12N2O2S2/c1-10-4-2-3-5-13(10)18-15(20)12(14(19)17-16(18)21)8-11-6-7-22-9-11/h2-9H,1H3,(H,17,19,21). The number of carbonyl (C=O) groups is 2. The van der Waals surface area contributed by atoms with Crippen molar-refractivity contribution in [3.63, 3.8) is 0 Å². The summed E-state index contributed by atoms with van der Waals surface area (Å²) < 4.78 is 0. The Morgan fingerprint density at radius 1 is 1.23 bits per heavy atom. The Morgan fingerprint density at radius 3 is 2.68 bits per heavy atom. The van der Waals surface area contributed by atoms with E-state index in [1.807, 2.05) is 41.9 Å². The Hall–Kier alpha value is -2.31. The molecule has 2 aromatic rings. The lowest BCUT2D eigenvalue weighted by molar-refractivity contribution is -0.122. The van der Waals surface area contributed by atoms with E-state index in [0.717, 1.165) is 11.1 Å². The molecule has 3 rings (SSSR count). The van der Waals surface area contributed by atoms with Crippen molar-refractivity contribution in [1.29, 1.82) is 0 Å². The second-order valence-corrected chi connectivity index (χ2v) is 5.97. The molecule has 0 spiro atoms. The van der Waals surface area contributed by atoms with E-state index in [2.05, 4.69) is 5.32 Å². The van der Waals surface area contributed by atoms with Gasteiger partial charge in [-0.3, -0.25) is 19.8 Å². The summed E-state index contributed by atoms with van der Waals surface area (Å²) in [5.74, 6) is -0.875. The summed E-state index contributed by atoms with van der Waals surface area (Å²) in [5, 5.41) is 6.45. The first-order valence-corrected chi connectivity index (χ1v) is 7.92. The first kappa shape index (κ1) is 14.6. The normalized spacial score (nSPS) is 17.0. The number of carbonyl (C=O) groups excluding carboxylic acids is 2. The number of nitrogens with zero attached hydrogens (tertiary/aromatic N) is 1. The zero-order valence-corrected chi connectivity index (χ0v) is 13.3. The van der Waals surface area contributed by atoms with Gasteiger partial charge >= 0.3 is 0 Å². The van der Waals surface area contributed by atoms with Gasteiger partial charge in [0, 0.05) is 0 Å². The fourth-order valence-electron chi connectivity index (χ4n) is 2.21. The predicted octanol–water partition coefficient (Wildman–Crippen LogP) is 2.89. The van der Waals surface area contributed by atoms with E-state index in [-0.39, 0.29) is 10.7 Å². The van der Waals surface area contributed by atoms with Gasteiger partial charge < -0.3 is 0 Å². The summed E-state index contributed by atoms with van der Waals surface area (Å²) in [4.78, 5) is 26.2. The summed E-state index contributed by atoms with van der Waals surface area (Å²) in [6.45, 7) is 1.89. The van der Waals surface area contributed by atoms with Gasteiger partial charge in [0.1, 0.15) is 5.57 Å².